The number of nitrogens with one attached hydrogen (secondary N) is 3. The van der Waals surface area contributed by atoms with E-state index < -0.39 is 21.3 Å². The standard InChI is InChI=1S/C19H20N6O5S/c1-12-11-13(2)21-18(20-12)24-31(29,30)15-5-3-14(4-6-15)22-16(26)7-9-25-10-8-17(27)23-19(25)28/h3-6,8,10-11H,7,9H2,1-2H3,(H,22,26)(H,20,21,24)(H,23,27,28). The average Bonchev–Trinajstić information content (AvgIpc) is 2.66. The Labute approximate surface area is 177 Å². The molecule has 0 aliphatic rings. The van der Waals surface area contributed by atoms with Gasteiger partial charge in [-0.05, 0) is 44.2 Å². The number of sulfonamides is 1. The Morgan fingerprint density at radius 1 is 1.06 bits per heavy atom. The highest BCUT2D eigenvalue weighted by atomic mass is 32.2. The van der Waals surface area contributed by atoms with Crippen LogP contribution in [0.25, 0.3) is 0 Å². The van der Waals surface area contributed by atoms with Gasteiger partial charge in [0, 0.05) is 42.3 Å². The van der Waals surface area contributed by atoms with Crippen molar-refractivity contribution in [2.75, 3.05) is 10.0 Å². The van der Waals surface area contributed by atoms with Crippen molar-refractivity contribution < 1.29 is 13.2 Å². The van der Waals surface area contributed by atoms with Gasteiger partial charge >= 0.3 is 5.69 Å². The number of carbonyl (C=O) groups is 1. The summed E-state index contributed by atoms with van der Waals surface area (Å²) in [7, 11) is -3.90. The monoisotopic (exact) mass is 444 g/mol. The third-order valence-electron chi connectivity index (χ3n) is 4.13. The van der Waals surface area contributed by atoms with Crippen LogP contribution >= 0.6 is 0 Å². The van der Waals surface area contributed by atoms with E-state index in [1.54, 1.807) is 19.9 Å². The number of carbonyl (C=O) groups excluding carboxylic acids is 1. The Bertz CT molecular complexity index is 1310. The summed E-state index contributed by atoms with van der Waals surface area (Å²) in [6.07, 6.45) is 1.29. The van der Waals surface area contributed by atoms with Crippen LogP contribution in [-0.4, -0.2) is 33.8 Å². The second-order valence-electron chi connectivity index (χ2n) is 6.71. The number of aryl methyl sites for hydroxylation is 3. The predicted octanol–water partition coefficient (Wildman–Crippen LogP) is 0.773. The molecule has 1 amide bonds. The first-order valence-corrected chi connectivity index (χ1v) is 10.7. The van der Waals surface area contributed by atoms with Gasteiger partial charge < -0.3 is 9.88 Å². The van der Waals surface area contributed by atoms with E-state index in [4.69, 9.17) is 0 Å². The van der Waals surface area contributed by atoms with Crippen molar-refractivity contribution in [1.29, 1.82) is 0 Å². The Morgan fingerprint density at radius 2 is 1.71 bits per heavy atom. The molecule has 0 bridgehead atoms. The van der Waals surface area contributed by atoms with E-state index in [9.17, 15) is 22.8 Å². The van der Waals surface area contributed by atoms with Gasteiger partial charge in [0.25, 0.3) is 15.6 Å². The molecule has 1 aromatic carbocycles. The van der Waals surface area contributed by atoms with Crippen molar-refractivity contribution in [2.45, 2.75) is 31.7 Å². The quantitative estimate of drug-likeness (QED) is 0.486. The molecule has 0 atom stereocenters. The number of hydrogen-bond acceptors (Lipinski definition) is 7. The zero-order chi connectivity index (χ0) is 22.6. The molecule has 162 valence electrons. The number of rotatable bonds is 7. The van der Waals surface area contributed by atoms with Gasteiger partial charge in [-0.2, -0.15) is 0 Å². The summed E-state index contributed by atoms with van der Waals surface area (Å²) < 4.78 is 28.6. The summed E-state index contributed by atoms with van der Waals surface area (Å²) in [5, 5.41) is 2.62. The molecule has 2 aromatic heterocycles. The van der Waals surface area contributed by atoms with Crippen molar-refractivity contribution in [3.63, 3.8) is 0 Å². The third kappa shape index (κ3) is 5.85. The molecular formula is C19H20N6O5S. The van der Waals surface area contributed by atoms with E-state index >= 15 is 0 Å². The molecule has 0 saturated carbocycles. The van der Waals surface area contributed by atoms with Crippen LogP contribution in [0.5, 0.6) is 0 Å². The fraction of sp³-hybridized carbons (Fsp3) is 0.211. The van der Waals surface area contributed by atoms with Crippen LogP contribution in [0.15, 0.2) is 57.1 Å². The van der Waals surface area contributed by atoms with Gasteiger partial charge in [-0.1, -0.05) is 0 Å². The summed E-state index contributed by atoms with van der Waals surface area (Å²) in [5.74, 6) is -0.400. The molecule has 11 nitrogen and oxygen atoms in total. The van der Waals surface area contributed by atoms with Crippen molar-refractivity contribution in [3.8, 4) is 0 Å². The van der Waals surface area contributed by atoms with Crippen molar-refractivity contribution in [3.05, 3.63) is 74.8 Å². The summed E-state index contributed by atoms with van der Waals surface area (Å²) in [5.41, 5.74) is 0.537. The van der Waals surface area contributed by atoms with E-state index in [2.05, 4.69) is 25.0 Å². The molecule has 3 rings (SSSR count). The second-order valence-corrected chi connectivity index (χ2v) is 8.39. The van der Waals surface area contributed by atoms with Crippen LogP contribution in [0.1, 0.15) is 17.8 Å². The number of anilines is 2. The van der Waals surface area contributed by atoms with Gasteiger partial charge in [0.15, 0.2) is 0 Å². The van der Waals surface area contributed by atoms with Crippen LogP contribution in [0, 0.1) is 13.8 Å². The highest BCUT2D eigenvalue weighted by Crippen LogP contribution is 2.17. The smallest absolute Gasteiger partial charge is 0.326 e. The summed E-state index contributed by atoms with van der Waals surface area (Å²) in [6, 6.07) is 8.49. The number of nitrogens with zero attached hydrogens (tertiary/aromatic N) is 3. The lowest BCUT2D eigenvalue weighted by molar-refractivity contribution is -0.116. The van der Waals surface area contributed by atoms with Gasteiger partial charge in [-0.15, -0.1) is 0 Å². The number of H-pyrrole nitrogens is 1. The molecule has 3 aromatic rings. The Morgan fingerprint density at radius 3 is 2.32 bits per heavy atom. The number of aromatic amines is 1. The van der Waals surface area contributed by atoms with E-state index in [1.165, 1.54) is 41.1 Å². The maximum atomic E-state index is 12.5. The van der Waals surface area contributed by atoms with Crippen LogP contribution in [-0.2, 0) is 21.4 Å². The minimum absolute atomic E-state index is 0.0163. The molecule has 2 heterocycles. The van der Waals surface area contributed by atoms with Crippen molar-refractivity contribution >= 4 is 27.6 Å². The molecule has 12 heteroatoms. The zero-order valence-electron chi connectivity index (χ0n) is 16.7. The lowest BCUT2D eigenvalue weighted by Gasteiger charge is -2.10. The van der Waals surface area contributed by atoms with E-state index in [0.717, 1.165) is 0 Å². The van der Waals surface area contributed by atoms with Crippen LogP contribution < -0.4 is 21.3 Å². The molecule has 0 spiro atoms. The summed E-state index contributed by atoms with van der Waals surface area (Å²) in [6.45, 7) is 3.54. The molecule has 0 saturated heterocycles. The zero-order valence-corrected chi connectivity index (χ0v) is 17.6. The molecule has 0 unspecified atom stereocenters. The normalized spacial score (nSPS) is 11.2. The minimum Gasteiger partial charge on any atom is -0.326 e. The third-order valence-corrected chi connectivity index (χ3v) is 5.48. The maximum absolute atomic E-state index is 12.5. The first-order valence-electron chi connectivity index (χ1n) is 9.17. The second kappa shape index (κ2) is 8.92. The molecule has 0 fully saturated rings. The Hall–Kier alpha value is -3.80. The fourth-order valence-electron chi connectivity index (χ4n) is 2.73. The van der Waals surface area contributed by atoms with E-state index in [-0.39, 0.29) is 29.7 Å². The number of amides is 1. The van der Waals surface area contributed by atoms with Gasteiger partial charge in [0.2, 0.25) is 11.9 Å². The lowest BCUT2D eigenvalue weighted by atomic mass is 10.3. The molecule has 0 aliphatic carbocycles. The van der Waals surface area contributed by atoms with Crippen LogP contribution in [0.3, 0.4) is 0 Å². The Balaban J connectivity index is 1.63. The summed E-state index contributed by atoms with van der Waals surface area (Å²) >= 11 is 0. The lowest BCUT2D eigenvalue weighted by Crippen LogP contribution is -2.29. The van der Waals surface area contributed by atoms with E-state index in [0.29, 0.717) is 17.1 Å². The first-order chi connectivity index (χ1) is 14.6. The topological polar surface area (TPSA) is 156 Å². The largest absolute Gasteiger partial charge is 0.328 e. The summed E-state index contributed by atoms with van der Waals surface area (Å²) in [4.78, 5) is 45.0. The predicted molar refractivity (Wildman–Crippen MR) is 113 cm³/mol. The van der Waals surface area contributed by atoms with Gasteiger partial charge in [0.1, 0.15) is 0 Å². The van der Waals surface area contributed by atoms with Crippen LogP contribution in [0.2, 0.25) is 0 Å². The van der Waals surface area contributed by atoms with Gasteiger partial charge in [-0.25, -0.2) is 27.9 Å². The number of benzene rings is 1. The fourth-order valence-corrected chi connectivity index (χ4v) is 3.68. The van der Waals surface area contributed by atoms with Gasteiger partial charge in [-0.3, -0.25) is 14.6 Å². The Kier molecular flexibility index (Phi) is 6.30. The van der Waals surface area contributed by atoms with E-state index in [1.807, 2.05) is 0 Å². The highest BCUT2D eigenvalue weighted by Gasteiger charge is 2.16. The van der Waals surface area contributed by atoms with Crippen LogP contribution in [0.4, 0.5) is 11.6 Å². The first kappa shape index (κ1) is 21.9. The maximum Gasteiger partial charge on any atom is 0.328 e. The molecule has 0 aliphatic heterocycles. The molecular weight excluding hydrogens is 424 g/mol. The molecule has 0 radical (unpaired) electrons. The van der Waals surface area contributed by atoms with Crippen molar-refractivity contribution in [1.82, 2.24) is 19.5 Å². The molecule has 3 N–H and O–H groups in total. The highest BCUT2D eigenvalue weighted by molar-refractivity contribution is 7.92. The number of aromatic nitrogens is 4. The SMILES string of the molecule is Cc1cc(C)nc(NS(=O)(=O)c2ccc(NC(=O)CCn3ccc(=O)[nH]c3=O)cc2)n1. The van der Waals surface area contributed by atoms with Gasteiger partial charge in [0.05, 0.1) is 4.90 Å². The number of hydrogen-bond donors (Lipinski definition) is 3. The average molecular weight is 444 g/mol. The minimum atomic E-state index is -3.90. The molecule has 31 heavy (non-hydrogen) atoms. The van der Waals surface area contributed by atoms with Crippen molar-refractivity contribution in [2.24, 2.45) is 0 Å².